The summed E-state index contributed by atoms with van der Waals surface area (Å²) in [5.74, 6) is 0.819. The second-order valence-electron chi connectivity index (χ2n) is 7.72. The number of hydrogen-bond acceptors (Lipinski definition) is 3. The minimum absolute atomic E-state index is 0.0949. The largest absolute Gasteiger partial charge is 0.484 e. The zero-order valence-corrected chi connectivity index (χ0v) is 17.9. The van der Waals surface area contributed by atoms with Gasteiger partial charge in [0, 0.05) is 5.69 Å². The van der Waals surface area contributed by atoms with Crippen LogP contribution in [0.1, 0.15) is 36.5 Å². The summed E-state index contributed by atoms with van der Waals surface area (Å²) in [6.45, 7) is 4.18. The molecular formula is C25H24N2O2S. The number of benzene rings is 3. The van der Waals surface area contributed by atoms with Crippen LogP contribution in [0.4, 0.5) is 5.69 Å². The molecule has 152 valence electrons. The lowest BCUT2D eigenvalue weighted by Crippen LogP contribution is -2.37. The average molecular weight is 417 g/mol. The van der Waals surface area contributed by atoms with E-state index < -0.39 is 0 Å². The van der Waals surface area contributed by atoms with Crippen LogP contribution >= 0.6 is 12.2 Å². The minimum atomic E-state index is -0.297. The first-order valence-electron chi connectivity index (χ1n) is 10.0. The van der Waals surface area contributed by atoms with E-state index in [1.807, 2.05) is 30.3 Å². The van der Waals surface area contributed by atoms with Gasteiger partial charge in [0.2, 0.25) is 0 Å². The Labute approximate surface area is 182 Å². The molecule has 3 aromatic carbocycles. The Morgan fingerprint density at radius 2 is 1.73 bits per heavy atom. The predicted molar refractivity (Wildman–Crippen MR) is 125 cm³/mol. The molecule has 0 heterocycles. The van der Waals surface area contributed by atoms with E-state index in [1.54, 1.807) is 0 Å². The van der Waals surface area contributed by atoms with Gasteiger partial charge in [-0.1, -0.05) is 56.3 Å². The molecule has 0 bridgehead atoms. The zero-order valence-electron chi connectivity index (χ0n) is 17.1. The van der Waals surface area contributed by atoms with Crippen molar-refractivity contribution in [1.29, 1.82) is 0 Å². The van der Waals surface area contributed by atoms with Crippen LogP contribution in [0.3, 0.4) is 0 Å². The topological polar surface area (TPSA) is 50.4 Å². The Balaban J connectivity index is 1.29. The van der Waals surface area contributed by atoms with E-state index in [-0.39, 0.29) is 17.6 Å². The number of ether oxygens (including phenoxy) is 1. The molecule has 0 atom stereocenters. The van der Waals surface area contributed by atoms with Crippen LogP contribution in [0.2, 0.25) is 0 Å². The number of fused-ring (bicyclic) bond motifs is 3. The Hall–Kier alpha value is -3.18. The molecule has 4 rings (SSSR count). The van der Waals surface area contributed by atoms with Gasteiger partial charge in [0.25, 0.3) is 5.91 Å². The van der Waals surface area contributed by atoms with Crippen molar-refractivity contribution >= 4 is 28.9 Å². The molecule has 2 N–H and O–H groups in total. The van der Waals surface area contributed by atoms with Crippen molar-refractivity contribution in [3.05, 3.63) is 83.4 Å². The summed E-state index contributed by atoms with van der Waals surface area (Å²) in [6.07, 6.45) is 0.906. The maximum absolute atomic E-state index is 12.2. The quantitative estimate of drug-likeness (QED) is 0.435. The van der Waals surface area contributed by atoms with Crippen molar-refractivity contribution in [2.75, 3.05) is 11.9 Å². The number of hydrogen-bond donors (Lipinski definition) is 2. The number of carbonyl (C=O) groups excluding carboxylic acids is 1. The van der Waals surface area contributed by atoms with Gasteiger partial charge in [-0.15, -0.1) is 0 Å². The van der Waals surface area contributed by atoms with Crippen LogP contribution in [0.25, 0.3) is 11.1 Å². The van der Waals surface area contributed by atoms with Crippen LogP contribution in [0, 0.1) is 0 Å². The van der Waals surface area contributed by atoms with Gasteiger partial charge in [0.15, 0.2) is 11.7 Å². The summed E-state index contributed by atoms with van der Waals surface area (Å²) in [7, 11) is 0. The van der Waals surface area contributed by atoms with Gasteiger partial charge in [0.05, 0.1) is 0 Å². The number of carbonyl (C=O) groups is 1. The average Bonchev–Trinajstić information content (AvgIpc) is 3.10. The van der Waals surface area contributed by atoms with Crippen LogP contribution in [-0.2, 0) is 11.2 Å². The predicted octanol–water partition coefficient (Wildman–Crippen LogP) is 5.27. The summed E-state index contributed by atoms with van der Waals surface area (Å²) >= 11 is 5.29. The highest BCUT2D eigenvalue weighted by atomic mass is 32.1. The van der Waals surface area contributed by atoms with Gasteiger partial charge in [-0.25, -0.2) is 0 Å². The minimum Gasteiger partial charge on any atom is -0.484 e. The second-order valence-corrected chi connectivity index (χ2v) is 8.13. The van der Waals surface area contributed by atoms with Crippen LogP contribution in [0.15, 0.2) is 66.7 Å². The van der Waals surface area contributed by atoms with Gasteiger partial charge in [0.1, 0.15) is 5.75 Å². The van der Waals surface area contributed by atoms with Crippen molar-refractivity contribution in [2.45, 2.75) is 26.2 Å². The van der Waals surface area contributed by atoms with Gasteiger partial charge in [-0.3, -0.25) is 10.1 Å². The molecule has 0 aromatic heterocycles. The Morgan fingerprint density at radius 1 is 1.00 bits per heavy atom. The number of nitrogens with one attached hydrogen (secondary N) is 2. The maximum atomic E-state index is 12.2. The lowest BCUT2D eigenvalue weighted by Gasteiger charge is -2.12. The van der Waals surface area contributed by atoms with E-state index in [9.17, 15) is 4.79 Å². The molecule has 0 fully saturated rings. The van der Waals surface area contributed by atoms with Crippen molar-refractivity contribution < 1.29 is 9.53 Å². The summed E-state index contributed by atoms with van der Waals surface area (Å²) in [5, 5.41) is 6.02. The van der Waals surface area contributed by atoms with Crippen LogP contribution in [0.5, 0.6) is 5.75 Å². The summed E-state index contributed by atoms with van der Waals surface area (Å²) in [5.41, 5.74) is 7.21. The van der Waals surface area contributed by atoms with E-state index in [4.69, 9.17) is 17.0 Å². The van der Waals surface area contributed by atoms with Gasteiger partial charge >= 0.3 is 0 Å². The normalized spacial score (nSPS) is 11.6. The molecule has 0 saturated heterocycles. The molecule has 0 spiro atoms. The van der Waals surface area contributed by atoms with Crippen LogP contribution in [-0.4, -0.2) is 17.6 Å². The van der Waals surface area contributed by atoms with Gasteiger partial charge < -0.3 is 10.1 Å². The van der Waals surface area contributed by atoms with E-state index in [0.717, 1.165) is 12.1 Å². The fourth-order valence-electron chi connectivity index (χ4n) is 3.65. The highest BCUT2D eigenvalue weighted by molar-refractivity contribution is 7.80. The van der Waals surface area contributed by atoms with Crippen molar-refractivity contribution in [3.8, 4) is 16.9 Å². The maximum Gasteiger partial charge on any atom is 0.264 e. The van der Waals surface area contributed by atoms with Crippen LogP contribution < -0.4 is 15.4 Å². The highest BCUT2D eigenvalue weighted by Crippen LogP contribution is 2.37. The molecule has 1 aliphatic rings. The SMILES string of the molecule is CC(C)c1ccc(OCC(=O)NC(=S)Nc2ccc3c(c2)Cc2ccccc2-3)cc1. The number of thiocarbonyl (C=S) groups is 1. The first kappa shape index (κ1) is 20.1. The van der Waals surface area contributed by atoms with E-state index in [2.05, 4.69) is 60.9 Å². The molecular weight excluding hydrogens is 392 g/mol. The van der Waals surface area contributed by atoms with Crippen molar-refractivity contribution in [2.24, 2.45) is 0 Å². The summed E-state index contributed by atoms with van der Waals surface area (Å²) in [4.78, 5) is 12.2. The first-order chi connectivity index (χ1) is 14.5. The molecule has 30 heavy (non-hydrogen) atoms. The second kappa shape index (κ2) is 8.67. The standard InChI is InChI=1S/C25H24N2O2S/c1-16(2)17-7-10-21(11-8-17)29-15-24(28)27-25(30)26-20-9-12-23-19(14-20)13-18-5-3-4-6-22(18)23/h3-12,14,16H,13,15H2,1-2H3,(H2,26,27,28,30). The fourth-order valence-corrected chi connectivity index (χ4v) is 3.88. The third-order valence-electron chi connectivity index (χ3n) is 5.22. The zero-order chi connectivity index (χ0) is 21.1. The number of amides is 1. The number of anilines is 1. The smallest absolute Gasteiger partial charge is 0.264 e. The lowest BCUT2D eigenvalue weighted by molar-refractivity contribution is -0.121. The fraction of sp³-hybridized carbons (Fsp3) is 0.200. The Kier molecular flexibility index (Phi) is 5.81. The monoisotopic (exact) mass is 416 g/mol. The Bertz CT molecular complexity index is 1090. The third-order valence-corrected chi connectivity index (χ3v) is 5.43. The van der Waals surface area contributed by atoms with E-state index in [1.165, 1.54) is 27.8 Å². The van der Waals surface area contributed by atoms with Crippen molar-refractivity contribution in [1.82, 2.24) is 5.32 Å². The number of rotatable bonds is 5. The Morgan fingerprint density at radius 3 is 2.50 bits per heavy atom. The molecule has 3 aromatic rings. The third kappa shape index (κ3) is 4.52. The first-order valence-corrected chi connectivity index (χ1v) is 10.5. The molecule has 0 aliphatic heterocycles. The van der Waals surface area contributed by atoms with E-state index >= 15 is 0 Å². The van der Waals surface area contributed by atoms with Crippen molar-refractivity contribution in [3.63, 3.8) is 0 Å². The van der Waals surface area contributed by atoms with Gasteiger partial charge in [-0.05, 0) is 76.6 Å². The molecule has 0 unspecified atom stereocenters. The van der Waals surface area contributed by atoms with E-state index in [0.29, 0.717) is 11.7 Å². The highest BCUT2D eigenvalue weighted by Gasteiger charge is 2.18. The lowest BCUT2D eigenvalue weighted by atomic mass is 10.0. The summed E-state index contributed by atoms with van der Waals surface area (Å²) in [6, 6.07) is 22.4. The molecule has 5 heteroatoms. The molecule has 1 aliphatic carbocycles. The molecule has 1 amide bonds. The molecule has 0 radical (unpaired) electrons. The van der Waals surface area contributed by atoms with Gasteiger partial charge in [-0.2, -0.15) is 0 Å². The summed E-state index contributed by atoms with van der Waals surface area (Å²) < 4.78 is 5.55. The molecule has 4 nitrogen and oxygen atoms in total. The molecule has 0 saturated carbocycles.